The summed E-state index contributed by atoms with van der Waals surface area (Å²) in [4.78, 5) is 15.0. The van der Waals surface area contributed by atoms with Crippen LogP contribution in [0.25, 0.3) is 10.8 Å². The third kappa shape index (κ3) is 3.34. The number of ether oxygens (including phenoxy) is 1. The maximum atomic E-state index is 12.7. The number of rotatable bonds is 5. The summed E-state index contributed by atoms with van der Waals surface area (Å²) in [5, 5.41) is 12.6. The van der Waals surface area contributed by atoms with Crippen LogP contribution in [-0.2, 0) is 14.9 Å². The Hall–Kier alpha value is -1.62. The highest BCUT2D eigenvalue weighted by Gasteiger charge is 2.51. The van der Waals surface area contributed by atoms with Crippen LogP contribution in [-0.4, -0.2) is 48.3 Å². The van der Waals surface area contributed by atoms with Crippen LogP contribution in [0.5, 0.6) is 0 Å². The standard InChI is InChI=1S/C21H27NO3.ClH/c1-15(2)21(20(23)24,16(3)22-11-13-25-14-12-22)19-10-6-8-17-7-4-5-9-18(17)19;/h4-10,15-16H,11-14H2,1-3H3,(H,23,24);1H. The Kier molecular flexibility index (Phi) is 6.67. The van der Waals surface area contributed by atoms with Crippen molar-refractivity contribution in [2.75, 3.05) is 26.3 Å². The first-order valence-corrected chi connectivity index (χ1v) is 9.03. The van der Waals surface area contributed by atoms with E-state index in [1.807, 2.05) is 56.3 Å². The predicted molar refractivity (Wildman–Crippen MR) is 107 cm³/mol. The third-order valence-electron chi connectivity index (χ3n) is 5.75. The molecule has 0 aliphatic carbocycles. The van der Waals surface area contributed by atoms with Crippen molar-refractivity contribution in [3.63, 3.8) is 0 Å². The van der Waals surface area contributed by atoms with Gasteiger partial charge in [0.05, 0.1) is 13.2 Å². The summed E-state index contributed by atoms with van der Waals surface area (Å²) in [6, 6.07) is 14.0. The SMILES string of the molecule is CC(C)C(C(=O)O)(c1cccc2ccccc12)C(C)N1CCOCC1.Cl. The van der Waals surface area contributed by atoms with Crippen LogP contribution in [0, 0.1) is 5.92 Å². The first-order valence-electron chi connectivity index (χ1n) is 9.03. The van der Waals surface area contributed by atoms with E-state index in [1.165, 1.54) is 0 Å². The Labute approximate surface area is 161 Å². The lowest BCUT2D eigenvalue weighted by Crippen LogP contribution is -2.58. The molecule has 1 N–H and O–H groups in total. The highest BCUT2D eigenvalue weighted by Crippen LogP contribution is 2.42. The fraction of sp³-hybridized carbons (Fsp3) is 0.476. The van der Waals surface area contributed by atoms with Crippen LogP contribution >= 0.6 is 12.4 Å². The lowest BCUT2D eigenvalue weighted by Gasteiger charge is -2.46. The van der Waals surface area contributed by atoms with Crippen LogP contribution in [0.1, 0.15) is 26.3 Å². The number of benzene rings is 2. The van der Waals surface area contributed by atoms with Crippen LogP contribution in [0.15, 0.2) is 42.5 Å². The van der Waals surface area contributed by atoms with Crippen molar-refractivity contribution in [3.05, 3.63) is 48.0 Å². The topological polar surface area (TPSA) is 49.8 Å². The molecule has 2 aromatic carbocycles. The Balaban J connectivity index is 0.00000243. The molecule has 0 amide bonds. The summed E-state index contributed by atoms with van der Waals surface area (Å²) >= 11 is 0. The van der Waals surface area contributed by atoms with Gasteiger partial charge in [-0.2, -0.15) is 0 Å². The van der Waals surface area contributed by atoms with E-state index >= 15 is 0 Å². The van der Waals surface area contributed by atoms with E-state index in [0.29, 0.717) is 13.2 Å². The molecule has 142 valence electrons. The van der Waals surface area contributed by atoms with Gasteiger partial charge in [0.1, 0.15) is 5.41 Å². The second-order valence-corrected chi connectivity index (χ2v) is 7.18. The van der Waals surface area contributed by atoms with E-state index in [4.69, 9.17) is 4.74 Å². The molecule has 0 radical (unpaired) electrons. The third-order valence-corrected chi connectivity index (χ3v) is 5.75. The number of hydrogen-bond acceptors (Lipinski definition) is 3. The van der Waals surface area contributed by atoms with Crippen LogP contribution in [0.2, 0.25) is 0 Å². The van der Waals surface area contributed by atoms with Gasteiger partial charge in [0.25, 0.3) is 0 Å². The molecule has 1 aliphatic heterocycles. The molecular weight excluding hydrogens is 350 g/mol. The number of carbonyl (C=O) groups is 1. The van der Waals surface area contributed by atoms with Gasteiger partial charge in [-0.05, 0) is 29.2 Å². The molecule has 2 unspecified atom stereocenters. The average molecular weight is 378 g/mol. The molecule has 1 saturated heterocycles. The lowest BCUT2D eigenvalue weighted by atomic mass is 9.65. The molecule has 0 saturated carbocycles. The van der Waals surface area contributed by atoms with Gasteiger partial charge in [0.2, 0.25) is 0 Å². The molecule has 2 atom stereocenters. The van der Waals surface area contributed by atoms with Gasteiger partial charge in [-0.1, -0.05) is 56.3 Å². The van der Waals surface area contributed by atoms with Crippen molar-refractivity contribution in [2.45, 2.75) is 32.2 Å². The Morgan fingerprint density at radius 3 is 2.31 bits per heavy atom. The molecule has 1 fully saturated rings. The zero-order valence-corrected chi connectivity index (χ0v) is 16.5. The molecule has 0 bridgehead atoms. The normalized spacial score (nSPS) is 18.9. The van der Waals surface area contributed by atoms with Crippen LogP contribution in [0.3, 0.4) is 0 Å². The Morgan fingerprint density at radius 2 is 1.69 bits per heavy atom. The zero-order valence-electron chi connectivity index (χ0n) is 15.6. The van der Waals surface area contributed by atoms with E-state index in [9.17, 15) is 9.90 Å². The number of carboxylic acids is 1. The van der Waals surface area contributed by atoms with E-state index in [-0.39, 0.29) is 24.4 Å². The molecule has 26 heavy (non-hydrogen) atoms. The minimum atomic E-state index is -0.974. The Morgan fingerprint density at radius 1 is 1.08 bits per heavy atom. The fourth-order valence-corrected chi connectivity index (χ4v) is 4.40. The van der Waals surface area contributed by atoms with Gasteiger partial charge in [-0.15, -0.1) is 12.4 Å². The van der Waals surface area contributed by atoms with Gasteiger partial charge in [0, 0.05) is 19.1 Å². The molecule has 5 heteroatoms. The maximum absolute atomic E-state index is 12.7. The van der Waals surface area contributed by atoms with Crippen molar-refractivity contribution in [2.24, 2.45) is 5.92 Å². The predicted octanol–water partition coefficient (Wildman–Crippen LogP) is 3.96. The van der Waals surface area contributed by atoms with Gasteiger partial charge in [0.15, 0.2) is 0 Å². The molecule has 0 spiro atoms. The number of halogens is 1. The van der Waals surface area contributed by atoms with Gasteiger partial charge < -0.3 is 9.84 Å². The summed E-state index contributed by atoms with van der Waals surface area (Å²) < 4.78 is 5.47. The first kappa shape index (κ1) is 20.7. The minimum absolute atomic E-state index is 0. The van der Waals surface area contributed by atoms with E-state index in [2.05, 4.69) is 11.8 Å². The van der Waals surface area contributed by atoms with Crippen molar-refractivity contribution in [1.82, 2.24) is 4.90 Å². The van der Waals surface area contributed by atoms with Crippen molar-refractivity contribution in [1.29, 1.82) is 0 Å². The first-order chi connectivity index (χ1) is 12.0. The molecular formula is C21H28ClNO3. The minimum Gasteiger partial charge on any atom is -0.481 e. The van der Waals surface area contributed by atoms with Crippen molar-refractivity contribution < 1.29 is 14.6 Å². The lowest BCUT2D eigenvalue weighted by molar-refractivity contribution is -0.150. The zero-order chi connectivity index (χ0) is 18.0. The summed E-state index contributed by atoms with van der Waals surface area (Å²) in [6.07, 6.45) is 0. The summed E-state index contributed by atoms with van der Waals surface area (Å²) in [5.74, 6) is -0.800. The second-order valence-electron chi connectivity index (χ2n) is 7.18. The average Bonchev–Trinajstić information content (AvgIpc) is 2.62. The second kappa shape index (κ2) is 8.38. The molecule has 3 rings (SSSR count). The van der Waals surface area contributed by atoms with Crippen molar-refractivity contribution in [3.8, 4) is 0 Å². The number of nitrogens with zero attached hydrogens (tertiary/aromatic N) is 1. The highest BCUT2D eigenvalue weighted by molar-refractivity contribution is 5.94. The van der Waals surface area contributed by atoms with Crippen molar-refractivity contribution >= 4 is 29.1 Å². The number of aliphatic carboxylic acids is 1. The quantitative estimate of drug-likeness (QED) is 0.856. The summed E-state index contributed by atoms with van der Waals surface area (Å²) in [6.45, 7) is 8.96. The molecule has 1 aliphatic rings. The van der Waals surface area contributed by atoms with Crippen LogP contribution in [0.4, 0.5) is 0 Å². The number of morpholine rings is 1. The molecule has 0 aromatic heterocycles. The van der Waals surface area contributed by atoms with E-state index < -0.39 is 11.4 Å². The number of hydrogen-bond donors (Lipinski definition) is 1. The molecule has 1 heterocycles. The number of carboxylic acid groups (broad SMARTS) is 1. The fourth-order valence-electron chi connectivity index (χ4n) is 4.40. The summed E-state index contributed by atoms with van der Waals surface area (Å²) in [5.41, 5.74) is -0.0647. The van der Waals surface area contributed by atoms with E-state index in [1.54, 1.807) is 0 Å². The number of fused-ring (bicyclic) bond motifs is 1. The maximum Gasteiger partial charge on any atom is 0.316 e. The smallest absolute Gasteiger partial charge is 0.316 e. The Bertz CT molecular complexity index is 753. The summed E-state index contributed by atoms with van der Waals surface area (Å²) in [7, 11) is 0. The van der Waals surface area contributed by atoms with Gasteiger partial charge >= 0.3 is 5.97 Å². The monoisotopic (exact) mass is 377 g/mol. The van der Waals surface area contributed by atoms with E-state index in [0.717, 1.165) is 29.4 Å². The molecule has 2 aromatic rings. The van der Waals surface area contributed by atoms with Gasteiger partial charge in [-0.25, -0.2) is 0 Å². The molecule has 4 nitrogen and oxygen atoms in total. The largest absolute Gasteiger partial charge is 0.481 e. The van der Waals surface area contributed by atoms with Gasteiger partial charge in [-0.3, -0.25) is 9.69 Å². The van der Waals surface area contributed by atoms with Crippen LogP contribution < -0.4 is 0 Å². The highest BCUT2D eigenvalue weighted by atomic mass is 35.5.